The van der Waals surface area contributed by atoms with Gasteiger partial charge in [0.2, 0.25) is 0 Å². The normalized spacial score (nSPS) is 18.5. The Morgan fingerprint density at radius 1 is 1.25 bits per heavy atom. The van der Waals surface area contributed by atoms with Gasteiger partial charge in [-0.15, -0.1) is 0 Å². The van der Waals surface area contributed by atoms with Crippen molar-refractivity contribution < 1.29 is 9.53 Å². The molecule has 2 fully saturated rings. The SMILES string of the molecule is O=C(c1cc(-c2cccc(Cl)c2)n[nH]1)N(CCN1CCCC1)C1CCOCC1. The molecule has 1 N–H and O–H groups in total. The van der Waals surface area contributed by atoms with Crippen LogP contribution in [-0.2, 0) is 4.74 Å². The van der Waals surface area contributed by atoms with E-state index < -0.39 is 0 Å². The van der Waals surface area contributed by atoms with Gasteiger partial charge in [0.25, 0.3) is 5.91 Å². The van der Waals surface area contributed by atoms with Gasteiger partial charge in [-0.05, 0) is 57.0 Å². The van der Waals surface area contributed by atoms with E-state index in [0.717, 1.165) is 63.5 Å². The Hall–Kier alpha value is -1.89. The van der Waals surface area contributed by atoms with Crippen LogP contribution in [0.1, 0.15) is 36.2 Å². The molecule has 0 aliphatic carbocycles. The van der Waals surface area contributed by atoms with Gasteiger partial charge in [-0.1, -0.05) is 23.7 Å². The molecule has 3 heterocycles. The highest BCUT2D eigenvalue weighted by atomic mass is 35.5. The highest BCUT2D eigenvalue weighted by Gasteiger charge is 2.28. The molecule has 150 valence electrons. The molecule has 0 bridgehead atoms. The van der Waals surface area contributed by atoms with Gasteiger partial charge in [0.1, 0.15) is 5.69 Å². The molecule has 4 rings (SSSR count). The first-order valence-electron chi connectivity index (χ1n) is 10.1. The number of aromatic amines is 1. The molecule has 1 aromatic heterocycles. The first-order valence-corrected chi connectivity index (χ1v) is 10.5. The van der Waals surface area contributed by atoms with Gasteiger partial charge in [-0.25, -0.2) is 0 Å². The van der Waals surface area contributed by atoms with Crippen LogP contribution in [0.3, 0.4) is 0 Å². The lowest BCUT2D eigenvalue weighted by Crippen LogP contribution is -2.46. The Labute approximate surface area is 170 Å². The Kier molecular flexibility index (Phi) is 6.29. The molecule has 7 heteroatoms. The molecule has 6 nitrogen and oxygen atoms in total. The minimum atomic E-state index is 0.0203. The van der Waals surface area contributed by atoms with Crippen LogP contribution in [0.4, 0.5) is 0 Å². The fraction of sp³-hybridized carbons (Fsp3) is 0.524. The summed E-state index contributed by atoms with van der Waals surface area (Å²) < 4.78 is 5.51. The van der Waals surface area contributed by atoms with Gasteiger partial charge < -0.3 is 14.5 Å². The first kappa shape index (κ1) is 19.4. The topological polar surface area (TPSA) is 61.5 Å². The van der Waals surface area contributed by atoms with E-state index in [1.807, 2.05) is 35.2 Å². The second-order valence-corrected chi connectivity index (χ2v) is 8.00. The van der Waals surface area contributed by atoms with E-state index in [1.54, 1.807) is 0 Å². The Morgan fingerprint density at radius 3 is 2.79 bits per heavy atom. The molecule has 2 aromatic rings. The lowest BCUT2D eigenvalue weighted by atomic mass is 10.1. The van der Waals surface area contributed by atoms with Crippen LogP contribution in [0.15, 0.2) is 30.3 Å². The number of likely N-dealkylation sites (tertiary alicyclic amines) is 1. The summed E-state index contributed by atoms with van der Waals surface area (Å²) in [7, 11) is 0. The number of amides is 1. The van der Waals surface area contributed by atoms with Gasteiger partial charge in [-0.2, -0.15) is 5.10 Å². The third kappa shape index (κ3) is 4.57. The van der Waals surface area contributed by atoms with E-state index in [1.165, 1.54) is 12.8 Å². The number of H-pyrrole nitrogens is 1. The standard InChI is InChI=1S/C21H27ClN4O2/c22-17-5-3-4-16(14-17)19-15-20(24-23-19)21(27)26(18-6-12-28-13-7-18)11-10-25-8-1-2-9-25/h3-5,14-15,18H,1-2,6-13H2,(H,23,24). The van der Waals surface area contributed by atoms with Crippen LogP contribution in [0, 0.1) is 0 Å². The molecule has 28 heavy (non-hydrogen) atoms. The summed E-state index contributed by atoms with van der Waals surface area (Å²) in [4.78, 5) is 17.8. The van der Waals surface area contributed by atoms with Crippen molar-refractivity contribution >= 4 is 17.5 Å². The Bertz CT molecular complexity index is 797. The van der Waals surface area contributed by atoms with Gasteiger partial charge in [0.05, 0.1) is 5.69 Å². The van der Waals surface area contributed by atoms with Crippen LogP contribution < -0.4 is 0 Å². The van der Waals surface area contributed by atoms with Crippen molar-refractivity contribution in [2.24, 2.45) is 0 Å². The third-order valence-corrected chi connectivity index (χ3v) is 5.91. The monoisotopic (exact) mass is 402 g/mol. The number of nitrogens with zero attached hydrogens (tertiary/aromatic N) is 3. The molecule has 0 radical (unpaired) electrons. The minimum absolute atomic E-state index is 0.0203. The number of carbonyl (C=O) groups is 1. The number of hydrogen-bond acceptors (Lipinski definition) is 4. The van der Waals surface area contributed by atoms with Crippen LogP contribution in [0.5, 0.6) is 0 Å². The summed E-state index contributed by atoms with van der Waals surface area (Å²) in [5, 5.41) is 7.94. The van der Waals surface area contributed by atoms with Crippen LogP contribution >= 0.6 is 11.6 Å². The van der Waals surface area contributed by atoms with E-state index >= 15 is 0 Å². The van der Waals surface area contributed by atoms with Crippen LogP contribution in [0.25, 0.3) is 11.3 Å². The summed E-state index contributed by atoms with van der Waals surface area (Å²) in [6, 6.07) is 9.57. The number of carbonyl (C=O) groups excluding carboxylic acids is 1. The molecule has 2 saturated heterocycles. The second-order valence-electron chi connectivity index (χ2n) is 7.57. The van der Waals surface area contributed by atoms with E-state index in [2.05, 4.69) is 15.1 Å². The average Bonchev–Trinajstić information content (AvgIpc) is 3.41. The zero-order valence-electron chi connectivity index (χ0n) is 16.1. The maximum Gasteiger partial charge on any atom is 0.272 e. The van der Waals surface area contributed by atoms with Crippen molar-refractivity contribution in [1.29, 1.82) is 0 Å². The molecule has 1 amide bonds. The molecule has 1 aromatic carbocycles. The summed E-state index contributed by atoms with van der Waals surface area (Å²) >= 11 is 6.09. The summed E-state index contributed by atoms with van der Waals surface area (Å²) in [5.41, 5.74) is 2.16. The van der Waals surface area contributed by atoms with Gasteiger partial charge in [0.15, 0.2) is 0 Å². The van der Waals surface area contributed by atoms with E-state index in [0.29, 0.717) is 10.7 Å². The zero-order valence-corrected chi connectivity index (χ0v) is 16.8. The molecular weight excluding hydrogens is 376 g/mol. The van der Waals surface area contributed by atoms with Crippen molar-refractivity contribution in [3.8, 4) is 11.3 Å². The van der Waals surface area contributed by atoms with Gasteiger partial charge >= 0.3 is 0 Å². The fourth-order valence-corrected chi connectivity index (χ4v) is 4.27. The van der Waals surface area contributed by atoms with Crippen molar-refractivity contribution in [1.82, 2.24) is 20.0 Å². The molecule has 2 aliphatic rings. The number of nitrogens with one attached hydrogen (secondary N) is 1. The van der Waals surface area contributed by atoms with Crippen molar-refractivity contribution in [2.75, 3.05) is 39.4 Å². The second kappa shape index (κ2) is 9.07. The lowest BCUT2D eigenvalue weighted by Gasteiger charge is -2.35. The van der Waals surface area contributed by atoms with Crippen LogP contribution in [0.2, 0.25) is 5.02 Å². The molecular formula is C21H27ClN4O2. The molecule has 2 aliphatic heterocycles. The van der Waals surface area contributed by atoms with E-state index in [-0.39, 0.29) is 11.9 Å². The summed E-state index contributed by atoms with van der Waals surface area (Å²) in [5.74, 6) is 0.0203. The minimum Gasteiger partial charge on any atom is -0.381 e. The average molecular weight is 403 g/mol. The number of ether oxygens (including phenoxy) is 1. The van der Waals surface area contributed by atoms with Crippen LogP contribution in [-0.4, -0.2) is 71.3 Å². The lowest BCUT2D eigenvalue weighted by molar-refractivity contribution is 0.0267. The van der Waals surface area contributed by atoms with Gasteiger partial charge in [0, 0.05) is 42.9 Å². The quantitative estimate of drug-likeness (QED) is 0.803. The predicted molar refractivity (Wildman–Crippen MR) is 110 cm³/mol. The largest absolute Gasteiger partial charge is 0.381 e. The number of benzene rings is 1. The maximum atomic E-state index is 13.3. The summed E-state index contributed by atoms with van der Waals surface area (Å²) in [6.07, 6.45) is 4.30. The Morgan fingerprint density at radius 2 is 2.04 bits per heavy atom. The highest BCUT2D eigenvalue weighted by molar-refractivity contribution is 6.30. The van der Waals surface area contributed by atoms with Crippen molar-refractivity contribution in [2.45, 2.75) is 31.7 Å². The predicted octanol–water partition coefficient (Wildman–Crippen LogP) is 3.45. The maximum absolute atomic E-state index is 13.3. The van der Waals surface area contributed by atoms with Crippen molar-refractivity contribution in [3.63, 3.8) is 0 Å². The van der Waals surface area contributed by atoms with E-state index in [9.17, 15) is 4.79 Å². The first-order chi connectivity index (χ1) is 13.7. The Balaban J connectivity index is 1.50. The molecule has 0 spiro atoms. The zero-order chi connectivity index (χ0) is 19.3. The number of rotatable bonds is 6. The van der Waals surface area contributed by atoms with Gasteiger partial charge in [-0.3, -0.25) is 9.89 Å². The van der Waals surface area contributed by atoms with E-state index in [4.69, 9.17) is 16.3 Å². The van der Waals surface area contributed by atoms with Crippen molar-refractivity contribution in [3.05, 3.63) is 41.0 Å². The number of hydrogen-bond donors (Lipinski definition) is 1. The smallest absolute Gasteiger partial charge is 0.272 e. The third-order valence-electron chi connectivity index (χ3n) is 5.68. The number of halogens is 1. The fourth-order valence-electron chi connectivity index (χ4n) is 4.08. The highest BCUT2D eigenvalue weighted by Crippen LogP contribution is 2.23. The molecule has 0 saturated carbocycles. The summed E-state index contributed by atoms with van der Waals surface area (Å²) in [6.45, 7) is 5.38. The molecule has 0 atom stereocenters. The molecule has 0 unspecified atom stereocenters. The number of aromatic nitrogens is 2.